The lowest BCUT2D eigenvalue weighted by molar-refractivity contribution is -0.0735. The molecular weight excluding hydrogens is 282 g/mol. The number of hydrogen-bond donors (Lipinski definition) is 1. The number of likely N-dealkylation sites (tertiary alicyclic amines) is 1. The molecule has 2 bridgehead atoms. The molecule has 2 fully saturated rings. The molecule has 2 aliphatic carbocycles. The van der Waals surface area contributed by atoms with Crippen molar-refractivity contribution in [2.75, 3.05) is 13.6 Å². The van der Waals surface area contributed by atoms with E-state index in [9.17, 15) is 5.11 Å². The molecule has 21 heavy (non-hydrogen) atoms. The summed E-state index contributed by atoms with van der Waals surface area (Å²) >= 11 is 6.61. The molecule has 2 nitrogen and oxygen atoms in total. The Kier molecular flexibility index (Phi) is 2.91. The number of likely N-dealkylation sites (N-methyl/N-ethyl adjacent to an activating group) is 1. The van der Waals surface area contributed by atoms with Crippen molar-refractivity contribution in [3.8, 4) is 5.75 Å². The van der Waals surface area contributed by atoms with Gasteiger partial charge in [-0.15, -0.1) is 0 Å². The predicted octanol–water partition coefficient (Wildman–Crippen LogP) is 4.12. The van der Waals surface area contributed by atoms with Gasteiger partial charge in [-0.05, 0) is 61.9 Å². The molecule has 0 radical (unpaired) electrons. The van der Waals surface area contributed by atoms with E-state index in [2.05, 4.69) is 24.9 Å². The Hall–Kier alpha value is -0.730. The second-order valence-electron chi connectivity index (χ2n) is 7.59. The van der Waals surface area contributed by atoms with Crippen LogP contribution in [0, 0.1) is 5.41 Å². The van der Waals surface area contributed by atoms with Crippen LogP contribution in [0.2, 0.25) is 5.02 Å². The molecule has 0 amide bonds. The summed E-state index contributed by atoms with van der Waals surface area (Å²) in [6.45, 7) is 3.63. The molecule has 0 spiro atoms. The molecule has 114 valence electrons. The number of rotatable bonds is 0. The normalized spacial score (nSPS) is 38.7. The zero-order valence-electron chi connectivity index (χ0n) is 13.0. The fourth-order valence-corrected chi connectivity index (χ4v) is 6.13. The molecule has 0 aromatic heterocycles. The smallest absolute Gasteiger partial charge is 0.134 e. The van der Waals surface area contributed by atoms with Crippen LogP contribution in [-0.2, 0) is 11.8 Å². The number of phenols is 1. The Morgan fingerprint density at radius 2 is 2.00 bits per heavy atom. The first kappa shape index (κ1) is 13.9. The molecule has 1 aliphatic heterocycles. The van der Waals surface area contributed by atoms with Gasteiger partial charge in [0.25, 0.3) is 0 Å². The average molecular weight is 306 g/mol. The largest absolute Gasteiger partial charge is 0.506 e. The third-order valence-electron chi connectivity index (χ3n) is 6.90. The quantitative estimate of drug-likeness (QED) is 0.779. The van der Waals surface area contributed by atoms with Gasteiger partial charge in [-0.2, -0.15) is 0 Å². The van der Waals surface area contributed by atoms with E-state index in [4.69, 9.17) is 11.6 Å². The van der Waals surface area contributed by atoms with Crippen LogP contribution in [-0.4, -0.2) is 29.6 Å². The fraction of sp³-hybridized carbons (Fsp3) is 0.667. The minimum atomic E-state index is 0.172. The van der Waals surface area contributed by atoms with Crippen molar-refractivity contribution in [3.63, 3.8) is 0 Å². The minimum Gasteiger partial charge on any atom is -0.506 e. The van der Waals surface area contributed by atoms with Gasteiger partial charge in [0.05, 0.1) is 5.02 Å². The lowest BCUT2D eigenvalue weighted by Crippen LogP contribution is -2.66. The maximum atomic E-state index is 10.2. The number of halogens is 1. The Morgan fingerprint density at radius 1 is 1.24 bits per heavy atom. The molecule has 1 heterocycles. The minimum absolute atomic E-state index is 0.172. The first-order chi connectivity index (χ1) is 9.99. The van der Waals surface area contributed by atoms with Crippen molar-refractivity contribution in [2.24, 2.45) is 5.41 Å². The lowest BCUT2D eigenvalue weighted by Gasteiger charge is -2.65. The van der Waals surface area contributed by atoms with Crippen LogP contribution < -0.4 is 0 Å². The highest BCUT2D eigenvalue weighted by molar-refractivity contribution is 6.33. The van der Waals surface area contributed by atoms with Gasteiger partial charge >= 0.3 is 0 Å². The third kappa shape index (κ3) is 1.58. The second-order valence-corrected chi connectivity index (χ2v) is 7.97. The predicted molar refractivity (Wildman–Crippen MR) is 86.1 cm³/mol. The molecule has 1 aromatic carbocycles. The van der Waals surface area contributed by atoms with E-state index in [-0.39, 0.29) is 11.2 Å². The van der Waals surface area contributed by atoms with Crippen molar-refractivity contribution in [2.45, 2.75) is 56.9 Å². The van der Waals surface area contributed by atoms with Gasteiger partial charge in [-0.25, -0.2) is 0 Å². The van der Waals surface area contributed by atoms with E-state index in [1.54, 1.807) is 6.07 Å². The maximum Gasteiger partial charge on any atom is 0.134 e. The van der Waals surface area contributed by atoms with Crippen LogP contribution in [0.15, 0.2) is 12.1 Å². The van der Waals surface area contributed by atoms with Crippen LogP contribution in [0.25, 0.3) is 0 Å². The summed E-state index contributed by atoms with van der Waals surface area (Å²) in [7, 11) is 2.28. The van der Waals surface area contributed by atoms with Crippen molar-refractivity contribution in [3.05, 3.63) is 28.3 Å². The third-order valence-corrected chi connectivity index (χ3v) is 7.28. The van der Waals surface area contributed by atoms with Crippen molar-refractivity contribution in [1.82, 2.24) is 4.90 Å². The molecule has 1 saturated heterocycles. The van der Waals surface area contributed by atoms with E-state index in [1.165, 1.54) is 43.2 Å². The average Bonchev–Trinajstić information content (AvgIpc) is 2.46. The zero-order valence-corrected chi connectivity index (χ0v) is 13.7. The van der Waals surface area contributed by atoms with E-state index in [0.29, 0.717) is 16.5 Å². The molecule has 4 rings (SSSR count). The standard InChI is InChI=1S/C18H24ClNO/c1-17-7-3-4-8-18(17)9-10-20(2)14(17)11-12-5-6-13(21)16(19)15(12)18/h5-6,14,21H,3-4,7-11H2,1-2H3. The zero-order chi connectivity index (χ0) is 14.8. The van der Waals surface area contributed by atoms with Crippen molar-refractivity contribution < 1.29 is 5.11 Å². The van der Waals surface area contributed by atoms with Crippen LogP contribution in [0.1, 0.15) is 50.2 Å². The number of fused-ring (bicyclic) bond motifs is 1. The van der Waals surface area contributed by atoms with E-state index < -0.39 is 0 Å². The van der Waals surface area contributed by atoms with Gasteiger partial charge in [-0.3, -0.25) is 0 Å². The topological polar surface area (TPSA) is 23.5 Å². The monoisotopic (exact) mass is 305 g/mol. The first-order valence-corrected chi connectivity index (χ1v) is 8.58. The number of nitrogens with zero attached hydrogens (tertiary/aromatic N) is 1. The van der Waals surface area contributed by atoms with E-state index in [1.807, 2.05) is 0 Å². The lowest BCUT2D eigenvalue weighted by atomic mass is 9.45. The van der Waals surface area contributed by atoms with Crippen molar-refractivity contribution in [1.29, 1.82) is 0 Å². The molecule has 3 aliphatic rings. The molecule has 3 heteroatoms. The molecule has 1 N–H and O–H groups in total. The highest BCUT2D eigenvalue weighted by Crippen LogP contribution is 2.64. The summed E-state index contributed by atoms with van der Waals surface area (Å²) in [6, 6.07) is 4.50. The molecule has 3 atom stereocenters. The van der Waals surface area contributed by atoms with Gasteiger partial charge in [-0.1, -0.05) is 37.4 Å². The summed E-state index contributed by atoms with van der Waals surface area (Å²) in [6.07, 6.45) is 7.38. The van der Waals surface area contributed by atoms with Crippen LogP contribution >= 0.6 is 11.6 Å². The number of hydrogen-bond acceptors (Lipinski definition) is 2. The first-order valence-electron chi connectivity index (χ1n) is 8.21. The Bertz CT molecular complexity index is 601. The summed E-state index contributed by atoms with van der Waals surface area (Å²) in [5.74, 6) is 0.259. The molecule has 1 saturated carbocycles. The highest BCUT2D eigenvalue weighted by atomic mass is 35.5. The van der Waals surface area contributed by atoms with Gasteiger partial charge < -0.3 is 10.0 Å². The number of phenolic OH excluding ortho intramolecular Hbond substituents is 1. The molecular formula is C18H24ClNO. The molecule has 3 unspecified atom stereocenters. The number of piperidine rings is 1. The SMILES string of the molecule is CN1CCC23CCCCC2(C)C1Cc1ccc(O)c(Cl)c13. The van der Waals surface area contributed by atoms with Crippen LogP contribution in [0.4, 0.5) is 0 Å². The second kappa shape index (κ2) is 4.39. The van der Waals surface area contributed by atoms with Gasteiger partial charge in [0, 0.05) is 11.5 Å². The highest BCUT2D eigenvalue weighted by Gasteiger charge is 2.61. The van der Waals surface area contributed by atoms with Gasteiger partial charge in [0.1, 0.15) is 5.75 Å². The Balaban J connectivity index is 2.01. The summed E-state index contributed by atoms with van der Waals surface area (Å²) in [5, 5.41) is 10.8. The summed E-state index contributed by atoms with van der Waals surface area (Å²) in [5.41, 5.74) is 3.12. The van der Waals surface area contributed by atoms with Crippen LogP contribution in [0.3, 0.4) is 0 Å². The van der Waals surface area contributed by atoms with Crippen LogP contribution in [0.5, 0.6) is 5.75 Å². The van der Waals surface area contributed by atoms with E-state index in [0.717, 1.165) is 13.0 Å². The summed E-state index contributed by atoms with van der Waals surface area (Å²) < 4.78 is 0. The van der Waals surface area contributed by atoms with Gasteiger partial charge in [0.2, 0.25) is 0 Å². The van der Waals surface area contributed by atoms with E-state index >= 15 is 0 Å². The van der Waals surface area contributed by atoms with Gasteiger partial charge in [0.15, 0.2) is 0 Å². The maximum absolute atomic E-state index is 10.2. The Labute approximate surface area is 132 Å². The summed E-state index contributed by atoms with van der Waals surface area (Å²) in [4.78, 5) is 2.56. The number of aromatic hydroxyl groups is 1. The van der Waals surface area contributed by atoms with Crippen molar-refractivity contribution >= 4 is 11.6 Å². The Morgan fingerprint density at radius 3 is 2.81 bits per heavy atom. The fourth-order valence-electron chi connectivity index (χ4n) is 5.77. The number of benzene rings is 1. The molecule has 1 aromatic rings.